The molecule has 2 aliphatic heterocycles. The van der Waals surface area contributed by atoms with Gasteiger partial charge in [-0.3, -0.25) is 0 Å². The monoisotopic (exact) mass is 344 g/mol. The molecule has 1 saturated heterocycles. The van der Waals surface area contributed by atoms with Crippen LogP contribution in [0.1, 0.15) is 12.0 Å². The van der Waals surface area contributed by atoms with Gasteiger partial charge in [0.1, 0.15) is 0 Å². The van der Waals surface area contributed by atoms with E-state index < -0.39 is 10.0 Å². The van der Waals surface area contributed by atoms with Gasteiger partial charge in [-0.25, -0.2) is 13.1 Å². The van der Waals surface area contributed by atoms with Crippen LogP contribution < -0.4 is 10.0 Å². The second-order valence-corrected chi connectivity index (χ2v) is 9.59. The Balaban J connectivity index is 1.69. The van der Waals surface area contributed by atoms with E-state index in [0.717, 1.165) is 36.6 Å². The van der Waals surface area contributed by atoms with Crippen molar-refractivity contribution in [3.05, 3.63) is 23.8 Å². The van der Waals surface area contributed by atoms with Gasteiger partial charge in [0.15, 0.2) is 0 Å². The fourth-order valence-electron chi connectivity index (χ4n) is 2.55. The maximum Gasteiger partial charge on any atom is 0.240 e. The quantitative estimate of drug-likeness (QED) is 0.877. The Kier molecular flexibility index (Phi) is 5.03. The molecule has 7 heteroatoms. The number of nitrogens with one attached hydrogen (secondary N) is 2. The molecule has 21 heavy (non-hydrogen) atoms. The Bertz CT molecular complexity index is 598. The van der Waals surface area contributed by atoms with Gasteiger partial charge in [-0.2, -0.15) is 23.5 Å². The lowest BCUT2D eigenvalue weighted by Gasteiger charge is -2.22. The van der Waals surface area contributed by atoms with Crippen LogP contribution in [-0.2, 0) is 16.4 Å². The van der Waals surface area contributed by atoms with E-state index in [0.29, 0.717) is 16.7 Å². The zero-order valence-corrected chi connectivity index (χ0v) is 14.2. The summed E-state index contributed by atoms with van der Waals surface area (Å²) < 4.78 is 27.6. The van der Waals surface area contributed by atoms with E-state index >= 15 is 0 Å². The van der Waals surface area contributed by atoms with Crippen molar-refractivity contribution in [2.75, 3.05) is 35.7 Å². The van der Waals surface area contributed by atoms with Crippen LogP contribution in [-0.4, -0.2) is 44.0 Å². The fourth-order valence-corrected chi connectivity index (χ4v) is 6.37. The van der Waals surface area contributed by atoms with Crippen molar-refractivity contribution in [3.63, 3.8) is 0 Å². The van der Waals surface area contributed by atoms with Gasteiger partial charge in [0.25, 0.3) is 0 Å². The number of rotatable bonds is 4. The maximum atomic E-state index is 12.4. The van der Waals surface area contributed by atoms with Crippen LogP contribution in [0.5, 0.6) is 0 Å². The summed E-state index contributed by atoms with van der Waals surface area (Å²) in [5, 5.41) is 3.66. The molecule has 1 aromatic rings. The highest BCUT2D eigenvalue weighted by Gasteiger charge is 2.20. The molecule has 116 valence electrons. The van der Waals surface area contributed by atoms with E-state index in [1.165, 1.54) is 11.3 Å². The van der Waals surface area contributed by atoms with Gasteiger partial charge in [-0.05, 0) is 30.5 Å². The third kappa shape index (κ3) is 3.88. The summed E-state index contributed by atoms with van der Waals surface area (Å²) in [6.45, 7) is 1.43. The zero-order chi connectivity index (χ0) is 14.7. The molecule has 2 heterocycles. The van der Waals surface area contributed by atoms with E-state index in [-0.39, 0.29) is 0 Å². The fraction of sp³-hybridized carbons (Fsp3) is 0.571. The first-order valence-corrected chi connectivity index (χ1v) is 10.9. The number of anilines is 1. The van der Waals surface area contributed by atoms with Gasteiger partial charge < -0.3 is 5.32 Å². The second kappa shape index (κ2) is 6.81. The minimum Gasteiger partial charge on any atom is -0.385 e. The van der Waals surface area contributed by atoms with Crippen molar-refractivity contribution in [3.8, 4) is 0 Å². The molecule has 1 fully saturated rings. The first kappa shape index (κ1) is 15.5. The van der Waals surface area contributed by atoms with E-state index in [2.05, 4.69) is 10.0 Å². The van der Waals surface area contributed by atoms with Crippen LogP contribution in [0.3, 0.4) is 0 Å². The lowest BCUT2D eigenvalue weighted by molar-refractivity contribution is 0.581. The number of aryl methyl sites for hydroxylation is 1. The normalized spacial score (nSPS) is 22.4. The minimum absolute atomic E-state index is 0.365. The smallest absolute Gasteiger partial charge is 0.240 e. The summed E-state index contributed by atoms with van der Waals surface area (Å²) in [6, 6.07) is 5.41. The summed E-state index contributed by atoms with van der Waals surface area (Å²) in [6.07, 6.45) is 2.12. The topological polar surface area (TPSA) is 58.2 Å². The maximum absolute atomic E-state index is 12.4. The first-order valence-electron chi connectivity index (χ1n) is 7.21. The standard InChI is InChI=1S/C14H20N2O2S3/c17-21(18,16-9-12-10-19-6-7-20-12)13-4-3-11-2-1-5-15-14(11)8-13/h3-4,8,12,15-16H,1-2,5-7,9-10H2. The number of fused-ring (bicyclic) bond motifs is 1. The molecule has 0 aromatic heterocycles. The van der Waals surface area contributed by atoms with E-state index in [1.807, 2.05) is 29.6 Å². The Morgan fingerprint density at radius 1 is 1.33 bits per heavy atom. The second-order valence-electron chi connectivity index (χ2n) is 5.27. The number of sulfonamides is 1. The third-order valence-corrected chi connectivity index (χ3v) is 7.98. The van der Waals surface area contributed by atoms with Crippen LogP contribution in [0.25, 0.3) is 0 Å². The number of benzene rings is 1. The zero-order valence-electron chi connectivity index (χ0n) is 11.8. The summed E-state index contributed by atoms with van der Waals surface area (Å²) in [4.78, 5) is 0.365. The molecule has 1 aromatic carbocycles. The van der Waals surface area contributed by atoms with Gasteiger partial charge in [0.2, 0.25) is 10.0 Å². The van der Waals surface area contributed by atoms with Crippen molar-refractivity contribution < 1.29 is 8.42 Å². The average Bonchev–Trinajstić information content (AvgIpc) is 2.53. The molecule has 0 amide bonds. The van der Waals surface area contributed by atoms with Crippen molar-refractivity contribution in [2.45, 2.75) is 23.0 Å². The molecule has 0 saturated carbocycles. The third-order valence-electron chi connectivity index (χ3n) is 3.72. The molecular formula is C14H20N2O2S3. The van der Waals surface area contributed by atoms with Crippen LogP contribution in [0, 0.1) is 0 Å². The first-order chi connectivity index (χ1) is 10.1. The predicted molar refractivity (Wildman–Crippen MR) is 92.0 cm³/mol. The lowest BCUT2D eigenvalue weighted by atomic mass is 10.0. The Hall–Kier alpha value is -0.370. The Morgan fingerprint density at radius 3 is 3.05 bits per heavy atom. The molecule has 0 aliphatic carbocycles. The van der Waals surface area contributed by atoms with Gasteiger partial charge in [-0.1, -0.05) is 6.07 Å². The van der Waals surface area contributed by atoms with Crippen LogP contribution in [0.15, 0.2) is 23.1 Å². The highest BCUT2D eigenvalue weighted by molar-refractivity contribution is 8.06. The predicted octanol–water partition coefficient (Wildman–Crippen LogP) is 2.17. The number of thioether (sulfide) groups is 2. The van der Waals surface area contributed by atoms with Crippen LogP contribution in [0.2, 0.25) is 0 Å². The highest BCUT2D eigenvalue weighted by atomic mass is 32.2. The van der Waals surface area contributed by atoms with Crippen LogP contribution in [0.4, 0.5) is 5.69 Å². The van der Waals surface area contributed by atoms with Gasteiger partial charge in [0.05, 0.1) is 4.90 Å². The van der Waals surface area contributed by atoms with Gasteiger partial charge in [0, 0.05) is 41.3 Å². The van der Waals surface area contributed by atoms with Crippen molar-refractivity contribution in [2.24, 2.45) is 0 Å². The van der Waals surface area contributed by atoms with Gasteiger partial charge >= 0.3 is 0 Å². The summed E-state index contributed by atoms with van der Waals surface area (Å²) in [7, 11) is -3.41. The molecule has 3 rings (SSSR count). The van der Waals surface area contributed by atoms with E-state index in [9.17, 15) is 8.42 Å². The molecule has 0 radical (unpaired) electrons. The minimum atomic E-state index is -3.41. The van der Waals surface area contributed by atoms with Crippen molar-refractivity contribution in [1.29, 1.82) is 0 Å². The summed E-state index contributed by atoms with van der Waals surface area (Å²) in [5.74, 6) is 3.31. The Labute approximate surface area is 134 Å². The largest absolute Gasteiger partial charge is 0.385 e. The van der Waals surface area contributed by atoms with Crippen molar-refractivity contribution in [1.82, 2.24) is 4.72 Å². The summed E-state index contributed by atoms with van der Waals surface area (Å²) in [5.41, 5.74) is 2.17. The van der Waals surface area contributed by atoms with Crippen molar-refractivity contribution >= 4 is 39.2 Å². The molecule has 1 unspecified atom stereocenters. The molecule has 0 spiro atoms. The molecule has 1 atom stereocenters. The number of hydrogen-bond acceptors (Lipinski definition) is 5. The summed E-state index contributed by atoms with van der Waals surface area (Å²) >= 11 is 3.76. The van der Waals surface area contributed by atoms with E-state index in [1.54, 1.807) is 12.1 Å². The Morgan fingerprint density at radius 2 is 2.24 bits per heavy atom. The molecular weight excluding hydrogens is 324 g/mol. The average molecular weight is 345 g/mol. The molecule has 4 nitrogen and oxygen atoms in total. The highest BCUT2D eigenvalue weighted by Crippen LogP contribution is 2.26. The molecule has 0 bridgehead atoms. The van der Waals surface area contributed by atoms with Crippen LogP contribution >= 0.6 is 23.5 Å². The van der Waals surface area contributed by atoms with Gasteiger partial charge in [-0.15, -0.1) is 0 Å². The lowest BCUT2D eigenvalue weighted by Crippen LogP contribution is -2.33. The number of hydrogen-bond donors (Lipinski definition) is 2. The molecule has 2 N–H and O–H groups in total. The SMILES string of the molecule is O=S(=O)(NCC1CSCCS1)c1ccc2c(c1)NCCC2. The van der Waals surface area contributed by atoms with E-state index in [4.69, 9.17) is 0 Å². The molecule has 2 aliphatic rings.